The number of aliphatic hydroxyl groups excluding tert-OH is 1. The van der Waals surface area contributed by atoms with Gasteiger partial charge in [-0.05, 0) is 50.3 Å². The summed E-state index contributed by atoms with van der Waals surface area (Å²) < 4.78 is 1.91. The first-order valence-corrected chi connectivity index (χ1v) is 6.73. The van der Waals surface area contributed by atoms with Gasteiger partial charge in [0.25, 0.3) is 0 Å². The first-order chi connectivity index (χ1) is 9.00. The van der Waals surface area contributed by atoms with E-state index >= 15 is 0 Å². The summed E-state index contributed by atoms with van der Waals surface area (Å²) in [6, 6.07) is 8.02. The van der Waals surface area contributed by atoms with Crippen LogP contribution in [0, 0.1) is 20.8 Å². The Bertz CT molecular complexity index is 572. The molecule has 0 amide bonds. The molecule has 3 nitrogen and oxygen atoms in total. The van der Waals surface area contributed by atoms with Crippen LogP contribution in [0.3, 0.4) is 0 Å². The molecule has 1 N–H and O–H groups in total. The molecule has 3 heteroatoms. The molecule has 0 aliphatic heterocycles. The zero-order chi connectivity index (χ0) is 14.0. The molecule has 0 saturated heterocycles. The van der Waals surface area contributed by atoms with Crippen molar-refractivity contribution in [1.82, 2.24) is 9.78 Å². The van der Waals surface area contributed by atoms with Crippen molar-refractivity contribution < 1.29 is 5.11 Å². The van der Waals surface area contributed by atoms with Gasteiger partial charge in [-0.25, -0.2) is 0 Å². The van der Waals surface area contributed by atoms with Crippen LogP contribution >= 0.6 is 0 Å². The number of nitrogens with zero attached hydrogens (tertiary/aromatic N) is 2. The summed E-state index contributed by atoms with van der Waals surface area (Å²) in [6.07, 6.45) is 1.19. The normalized spacial score (nSPS) is 12.7. The van der Waals surface area contributed by atoms with Crippen LogP contribution in [-0.2, 0) is 13.5 Å². The Morgan fingerprint density at radius 2 is 1.89 bits per heavy atom. The molecular weight excluding hydrogens is 236 g/mol. The van der Waals surface area contributed by atoms with E-state index in [0.717, 1.165) is 29.7 Å². The van der Waals surface area contributed by atoms with Gasteiger partial charge < -0.3 is 5.11 Å². The highest BCUT2D eigenvalue weighted by Crippen LogP contribution is 2.23. The summed E-state index contributed by atoms with van der Waals surface area (Å²) in [7, 11) is 1.96. The van der Waals surface area contributed by atoms with Gasteiger partial charge in [-0.1, -0.05) is 24.3 Å². The van der Waals surface area contributed by atoms with E-state index in [9.17, 15) is 5.11 Å². The summed E-state index contributed by atoms with van der Waals surface area (Å²) in [4.78, 5) is 0. The molecule has 0 saturated carbocycles. The van der Waals surface area contributed by atoms with Gasteiger partial charge in [-0.2, -0.15) is 5.10 Å². The average molecular weight is 258 g/mol. The third kappa shape index (κ3) is 2.87. The van der Waals surface area contributed by atoms with Crippen LogP contribution in [0.5, 0.6) is 0 Å². The van der Waals surface area contributed by atoms with Crippen molar-refractivity contribution in [2.75, 3.05) is 0 Å². The van der Waals surface area contributed by atoms with E-state index < -0.39 is 6.10 Å². The Balaban J connectivity index is 2.09. The minimum absolute atomic E-state index is 0.403. The molecule has 0 aliphatic rings. The van der Waals surface area contributed by atoms with Gasteiger partial charge in [-0.3, -0.25) is 4.68 Å². The van der Waals surface area contributed by atoms with E-state index in [4.69, 9.17) is 0 Å². The van der Waals surface area contributed by atoms with Crippen LogP contribution < -0.4 is 0 Å². The molecule has 1 aromatic carbocycles. The Morgan fingerprint density at radius 1 is 1.21 bits per heavy atom. The lowest BCUT2D eigenvalue weighted by molar-refractivity contribution is 0.167. The van der Waals surface area contributed by atoms with Crippen molar-refractivity contribution in [3.05, 3.63) is 52.3 Å². The number of aliphatic hydroxyl groups is 1. The number of hydrogen-bond donors (Lipinski definition) is 1. The summed E-state index contributed by atoms with van der Waals surface area (Å²) in [5, 5.41) is 14.7. The van der Waals surface area contributed by atoms with Crippen LogP contribution in [-0.4, -0.2) is 14.9 Å². The van der Waals surface area contributed by atoms with Crippen LogP contribution in [0.25, 0.3) is 0 Å². The molecule has 1 unspecified atom stereocenters. The molecule has 0 radical (unpaired) electrons. The van der Waals surface area contributed by atoms with Crippen LogP contribution in [0.4, 0.5) is 0 Å². The molecule has 1 heterocycles. The van der Waals surface area contributed by atoms with Crippen molar-refractivity contribution in [3.63, 3.8) is 0 Å². The van der Waals surface area contributed by atoms with Gasteiger partial charge in [0.15, 0.2) is 0 Å². The summed E-state index contributed by atoms with van der Waals surface area (Å²) >= 11 is 0. The first kappa shape index (κ1) is 13.8. The van der Waals surface area contributed by atoms with E-state index in [0.29, 0.717) is 0 Å². The van der Waals surface area contributed by atoms with Crippen molar-refractivity contribution >= 4 is 0 Å². The topological polar surface area (TPSA) is 38.1 Å². The second kappa shape index (κ2) is 5.57. The van der Waals surface area contributed by atoms with E-state index in [-0.39, 0.29) is 0 Å². The maximum absolute atomic E-state index is 10.3. The molecule has 1 aromatic heterocycles. The first-order valence-electron chi connectivity index (χ1n) is 6.73. The van der Waals surface area contributed by atoms with Crippen LogP contribution in [0.1, 0.15) is 40.6 Å². The molecule has 0 aliphatic carbocycles. The van der Waals surface area contributed by atoms with E-state index in [1.54, 1.807) is 0 Å². The SMILES string of the molecule is Cc1ccccc1C(O)CCc1c(C)nn(C)c1C. The number of aromatic nitrogens is 2. The van der Waals surface area contributed by atoms with E-state index in [2.05, 4.69) is 12.0 Å². The van der Waals surface area contributed by atoms with Crippen molar-refractivity contribution in [2.45, 2.75) is 39.7 Å². The van der Waals surface area contributed by atoms with Crippen LogP contribution in [0.15, 0.2) is 24.3 Å². The van der Waals surface area contributed by atoms with Gasteiger partial charge in [0.2, 0.25) is 0 Å². The highest BCUT2D eigenvalue weighted by atomic mass is 16.3. The lowest BCUT2D eigenvalue weighted by Gasteiger charge is -2.13. The van der Waals surface area contributed by atoms with E-state index in [1.807, 2.05) is 49.8 Å². The fraction of sp³-hybridized carbons (Fsp3) is 0.438. The van der Waals surface area contributed by atoms with Crippen molar-refractivity contribution in [2.24, 2.45) is 7.05 Å². The van der Waals surface area contributed by atoms with Crippen molar-refractivity contribution in [3.8, 4) is 0 Å². The molecule has 1 atom stereocenters. The van der Waals surface area contributed by atoms with Gasteiger partial charge >= 0.3 is 0 Å². The van der Waals surface area contributed by atoms with Gasteiger partial charge in [0.1, 0.15) is 0 Å². The predicted molar refractivity (Wildman–Crippen MR) is 77.1 cm³/mol. The molecule has 2 rings (SSSR count). The minimum Gasteiger partial charge on any atom is -0.388 e. The Morgan fingerprint density at radius 3 is 2.47 bits per heavy atom. The molecular formula is C16H22N2O. The molecule has 102 valence electrons. The zero-order valence-electron chi connectivity index (χ0n) is 12.1. The Labute approximate surface area is 114 Å². The van der Waals surface area contributed by atoms with Gasteiger partial charge in [0, 0.05) is 12.7 Å². The average Bonchev–Trinajstić information content (AvgIpc) is 2.61. The standard InChI is InChI=1S/C16H22N2O/c1-11-7-5-6-8-14(11)16(19)10-9-15-12(2)17-18(4)13(15)3/h5-8,16,19H,9-10H2,1-4H3. The zero-order valence-corrected chi connectivity index (χ0v) is 12.1. The van der Waals surface area contributed by atoms with Gasteiger partial charge in [0.05, 0.1) is 11.8 Å². The second-order valence-corrected chi connectivity index (χ2v) is 5.18. The molecule has 0 spiro atoms. The molecule has 2 aromatic rings. The highest BCUT2D eigenvalue weighted by Gasteiger charge is 2.14. The third-order valence-corrected chi connectivity index (χ3v) is 3.87. The fourth-order valence-electron chi connectivity index (χ4n) is 2.58. The Hall–Kier alpha value is -1.61. The maximum atomic E-state index is 10.3. The monoisotopic (exact) mass is 258 g/mol. The summed E-state index contributed by atoms with van der Waals surface area (Å²) in [5.74, 6) is 0. The quantitative estimate of drug-likeness (QED) is 0.915. The predicted octanol–water partition coefficient (Wildman–Crippen LogP) is 3.01. The van der Waals surface area contributed by atoms with Gasteiger partial charge in [-0.15, -0.1) is 0 Å². The van der Waals surface area contributed by atoms with E-state index in [1.165, 1.54) is 11.3 Å². The minimum atomic E-state index is -0.403. The number of benzene rings is 1. The summed E-state index contributed by atoms with van der Waals surface area (Å²) in [5.41, 5.74) is 5.69. The number of rotatable bonds is 4. The Kier molecular flexibility index (Phi) is 4.05. The smallest absolute Gasteiger partial charge is 0.0795 e. The number of aryl methyl sites for hydroxylation is 3. The molecule has 0 fully saturated rings. The second-order valence-electron chi connectivity index (χ2n) is 5.18. The third-order valence-electron chi connectivity index (χ3n) is 3.87. The van der Waals surface area contributed by atoms with Crippen LogP contribution in [0.2, 0.25) is 0 Å². The lowest BCUT2D eigenvalue weighted by Crippen LogP contribution is -2.03. The molecule has 0 bridgehead atoms. The van der Waals surface area contributed by atoms with Crippen molar-refractivity contribution in [1.29, 1.82) is 0 Å². The summed E-state index contributed by atoms with van der Waals surface area (Å²) in [6.45, 7) is 6.15. The largest absolute Gasteiger partial charge is 0.388 e. The maximum Gasteiger partial charge on any atom is 0.0795 e. The highest BCUT2D eigenvalue weighted by molar-refractivity contribution is 5.29. The lowest BCUT2D eigenvalue weighted by atomic mass is 9.97. The fourth-order valence-corrected chi connectivity index (χ4v) is 2.58. The number of hydrogen-bond acceptors (Lipinski definition) is 2. The molecule has 19 heavy (non-hydrogen) atoms.